The first kappa shape index (κ1) is 35.0. The Morgan fingerprint density at radius 2 is 1.24 bits per heavy atom. The van der Waals surface area contributed by atoms with E-state index in [2.05, 4.69) is 25.3 Å². The van der Waals surface area contributed by atoms with Gasteiger partial charge in [-0.1, -0.05) is 0 Å². The molecule has 0 saturated carbocycles. The Kier molecular flexibility index (Phi) is 14.9. The summed E-state index contributed by atoms with van der Waals surface area (Å²) in [6, 6.07) is 7.39. The van der Waals surface area contributed by atoms with Crippen LogP contribution in [0.25, 0.3) is 11.4 Å². The highest BCUT2D eigenvalue weighted by atomic mass is 16.6. The number of ether oxygens (including phenoxy) is 5. The van der Waals surface area contributed by atoms with E-state index in [1.54, 1.807) is 6.92 Å². The van der Waals surface area contributed by atoms with E-state index >= 15 is 0 Å². The fourth-order valence-electron chi connectivity index (χ4n) is 4.72. The van der Waals surface area contributed by atoms with Gasteiger partial charge in [0.2, 0.25) is 11.7 Å². The lowest BCUT2D eigenvalue weighted by Crippen LogP contribution is -2.49. The number of hydrogen-bond acceptors (Lipinski definition) is 13. The average molecular weight is 642 g/mol. The van der Waals surface area contributed by atoms with E-state index in [-0.39, 0.29) is 17.7 Å². The molecule has 2 aliphatic rings. The van der Waals surface area contributed by atoms with Crippen molar-refractivity contribution in [3.63, 3.8) is 0 Å². The van der Waals surface area contributed by atoms with E-state index in [1.807, 2.05) is 29.2 Å². The number of carbonyl (C=O) groups excluding carboxylic acids is 3. The minimum absolute atomic E-state index is 0.0843. The summed E-state index contributed by atoms with van der Waals surface area (Å²) in [5.41, 5.74) is 0.813. The Labute approximate surface area is 268 Å². The van der Waals surface area contributed by atoms with E-state index in [0.29, 0.717) is 97.2 Å². The summed E-state index contributed by atoms with van der Waals surface area (Å²) in [7, 11) is 0. The third kappa shape index (κ3) is 12.1. The maximum Gasteiger partial charge on any atom is 0.253 e. The SMILES string of the molecule is Cc1nnc(-c2ccc(OCCOCCOCCOCCOCCC(=O)N3CCN(CCCN4C(=O)C=CC4=O)CC3)cc2)nn1. The summed E-state index contributed by atoms with van der Waals surface area (Å²) in [5, 5.41) is 15.9. The van der Waals surface area contributed by atoms with Crippen molar-refractivity contribution in [2.75, 3.05) is 98.7 Å². The number of hydrogen-bond donors (Lipinski definition) is 0. The zero-order chi connectivity index (χ0) is 32.4. The van der Waals surface area contributed by atoms with E-state index in [1.165, 1.54) is 17.1 Å². The summed E-state index contributed by atoms with van der Waals surface area (Å²) >= 11 is 0. The van der Waals surface area contributed by atoms with Gasteiger partial charge in [-0.2, -0.15) is 0 Å². The third-order valence-electron chi connectivity index (χ3n) is 7.25. The Balaban J connectivity index is 0.886. The number of amides is 3. The molecule has 0 atom stereocenters. The molecule has 0 spiro atoms. The molecule has 15 heteroatoms. The maximum atomic E-state index is 12.5. The molecule has 1 saturated heterocycles. The van der Waals surface area contributed by atoms with Gasteiger partial charge in [-0.25, -0.2) is 0 Å². The van der Waals surface area contributed by atoms with Gasteiger partial charge in [0, 0.05) is 50.4 Å². The van der Waals surface area contributed by atoms with Crippen LogP contribution in [0.3, 0.4) is 0 Å². The fraction of sp³-hybridized carbons (Fsp3) is 0.581. The number of benzene rings is 1. The molecule has 0 bridgehead atoms. The van der Waals surface area contributed by atoms with Crippen LogP contribution in [0.4, 0.5) is 0 Å². The first-order valence-electron chi connectivity index (χ1n) is 15.6. The highest BCUT2D eigenvalue weighted by molar-refractivity contribution is 6.12. The minimum atomic E-state index is -0.244. The largest absolute Gasteiger partial charge is 0.491 e. The van der Waals surface area contributed by atoms with Gasteiger partial charge in [0.15, 0.2) is 5.82 Å². The molecule has 2 aromatic rings. The van der Waals surface area contributed by atoms with Crippen molar-refractivity contribution in [1.29, 1.82) is 0 Å². The molecule has 0 aliphatic carbocycles. The van der Waals surface area contributed by atoms with Gasteiger partial charge in [-0.05, 0) is 44.2 Å². The predicted octanol–water partition coefficient (Wildman–Crippen LogP) is 0.537. The normalized spacial score (nSPS) is 15.2. The highest BCUT2D eigenvalue weighted by Gasteiger charge is 2.24. The summed E-state index contributed by atoms with van der Waals surface area (Å²) in [4.78, 5) is 41.1. The summed E-state index contributed by atoms with van der Waals surface area (Å²) in [6.45, 7) is 9.73. The van der Waals surface area contributed by atoms with Crippen LogP contribution in [0, 0.1) is 6.92 Å². The lowest BCUT2D eigenvalue weighted by molar-refractivity contribution is -0.137. The Bertz CT molecular complexity index is 1240. The van der Waals surface area contributed by atoms with Crippen molar-refractivity contribution < 1.29 is 38.1 Å². The smallest absolute Gasteiger partial charge is 0.253 e. The Morgan fingerprint density at radius 1 is 0.696 bits per heavy atom. The predicted molar refractivity (Wildman–Crippen MR) is 165 cm³/mol. The van der Waals surface area contributed by atoms with Crippen LogP contribution >= 0.6 is 0 Å². The van der Waals surface area contributed by atoms with Gasteiger partial charge < -0.3 is 28.6 Å². The minimum Gasteiger partial charge on any atom is -0.491 e. The number of rotatable bonds is 21. The van der Waals surface area contributed by atoms with Crippen molar-refractivity contribution in [2.24, 2.45) is 0 Å². The van der Waals surface area contributed by atoms with Crippen LogP contribution in [0.2, 0.25) is 0 Å². The van der Waals surface area contributed by atoms with Crippen molar-refractivity contribution in [3.8, 4) is 17.1 Å². The summed E-state index contributed by atoms with van der Waals surface area (Å²) < 4.78 is 27.8. The lowest BCUT2D eigenvalue weighted by atomic mass is 10.2. The molecule has 15 nitrogen and oxygen atoms in total. The molecule has 1 aromatic heterocycles. The topological polar surface area (TPSA) is 159 Å². The molecule has 3 heterocycles. The van der Waals surface area contributed by atoms with Gasteiger partial charge in [0.25, 0.3) is 11.8 Å². The zero-order valence-corrected chi connectivity index (χ0v) is 26.4. The number of piperazine rings is 1. The summed E-state index contributed by atoms with van der Waals surface area (Å²) in [5.74, 6) is 1.31. The molecule has 0 radical (unpaired) electrons. The zero-order valence-electron chi connectivity index (χ0n) is 26.4. The fourth-order valence-corrected chi connectivity index (χ4v) is 4.72. The Hall–Kier alpha value is -3.89. The second-order valence-corrected chi connectivity index (χ2v) is 10.6. The highest BCUT2D eigenvalue weighted by Crippen LogP contribution is 2.18. The van der Waals surface area contributed by atoms with Crippen molar-refractivity contribution in [3.05, 3.63) is 42.2 Å². The molecule has 250 valence electrons. The first-order valence-corrected chi connectivity index (χ1v) is 15.6. The van der Waals surface area contributed by atoms with Gasteiger partial charge in [-0.3, -0.25) is 24.2 Å². The van der Waals surface area contributed by atoms with Crippen LogP contribution in [0.5, 0.6) is 5.75 Å². The first-order chi connectivity index (χ1) is 22.5. The number of imide groups is 1. The van der Waals surface area contributed by atoms with Crippen LogP contribution in [-0.4, -0.2) is 152 Å². The second kappa shape index (κ2) is 19.6. The molecule has 2 aliphatic heterocycles. The molecule has 3 amide bonds. The van der Waals surface area contributed by atoms with Gasteiger partial charge >= 0.3 is 0 Å². The van der Waals surface area contributed by atoms with Gasteiger partial charge in [0.1, 0.15) is 12.4 Å². The van der Waals surface area contributed by atoms with E-state index in [4.69, 9.17) is 23.7 Å². The monoisotopic (exact) mass is 641 g/mol. The quantitative estimate of drug-likeness (QED) is 0.137. The van der Waals surface area contributed by atoms with Crippen LogP contribution < -0.4 is 4.74 Å². The Morgan fingerprint density at radius 3 is 1.83 bits per heavy atom. The van der Waals surface area contributed by atoms with Crippen molar-refractivity contribution >= 4 is 17.7 Å². The lowest BCUT2D eigenvalue weighted by Gasteiger charge is -2.35. The van der Waals surface area contributed by atoms with Crippen LogP contribution in [-0.2, 0) is 33.3 Å². The molecule has 4 rings (SSSR count). The average Bonchev–Trinajstić information content (AvgIpc) is 3.40. The molecular formula is C31H43N7O8. The van der Waals surface area contributed by atoms with E-state index in [9.17, 15) is 14.4 Å². The van der Waals surface area contributed by atoms with E-state index < -0.39 is 0 Å². The van der Waals surface area contributed by atoms with Gasteiger partial charge in [-0.15, -0.1) is 20.4 Å². The van der Waals surface area contributed by atoms with Gasteiger partial charge in [0.05, 0.1) is 59.3 Å². The molecule has 1 fully saturated rings. The number of carbonyl (C=O) groups is 3. The standard InChI is InChI=1S/C31H43N7O8/c1-25-32-34-31(35-33-25)26-3-5-27(6-4-26)46-24-23-45-22-21-44-20-19-43-18-17-42-16-9-28(39)37-14-12-36(13-15-37)10-2-11-38-29(40)7-8-30(38)41/h3-8H,2,9-24H2,1H3. The summed E-state index contributed by atoms with van der Waals surface area (Å²) in [6.07, 6.45) is 3.68. The number of nitrogens with zero attached hydrogens (tertiary/aromatic N) is 7. The maximum absolute atomic E-state index is 12.5. The third-order valence-corrected chi connectivity index (χ3v) is 7.25. The second-order valence-electron chi connectivity index (χ2n) is 10.6. The van der Waals surface area contributed by atoms with E-state index in [0.717, 1.165) is 37.4 Å². The molecule has 1 aromatic carbocycles. The molecule has 0 N–H and O–H groups in total. The number of aryl methyl sites for hydroxylation is 1. The van der Waals surface area contributed by atoms with Crippen LogP contribution in [0.15, 0.2) is 36.4 Å². The van der Waals surface area contributed by atoms with Crippen LogP contribution in [0.1, 0.15) is 18.7 Å². The molecule has 0 unspecified atom stereocenters. The molecular weight excluding hydrogens is 598 g/mol. The number of aromatic nitrogens is 4. The van der Waals surface area contributed by atoms with Crippen molar-refractivity contribution in [1.82, 2.24) is 35.1 Å². The molecule has 46 heavy (non-hydrogen) atoms. The van der Waals surface area contributed by atoms with Crippen molar-refractivity contribution in [2.45, 2.75) is 19.8 Å².